The molecule has 0 aliphatic heterocycles. The van der Waals surface area contributed by atoms with E-state index in [4.69, 9.17) is 18.9 Å². The first-order valence-corrected chi connectivity index (χ1v) is 24.7. The Bertz CT molecular complexity index is 4070. The zero-order valence-corrected chi connectivity index (χ0v) is 45.3. The minimum Gasteiger partial charge on any atom is -0.510 e. The number of nitrogens with zero attached hydrogens (tertiary/aromatic N) is 5. The molecule has 7 heteroatoms. The Hall–Kier alpha value is -7.66. The quantitative estimate of drug-likeness (QED) is 0.107. The van der Waals surface area contributed by atoms with Gasteiger partial charge in [0.25, 0.3) is 0 Å². The van der Waals surface area contributed by atoms with E-state index >= 15 is 0 Å². The van der Waals surface area contributed by atoms with Gasteiger partial charge in [-0.25, -0.2) is 4.98 Å². The second-order valence-electron chi connectivity index (χ2n) is 21.7. The minimum absolute atomic E-state index is 0. The summed E-state index contributed by atoms with van der Waals surface area (Å²) in [5.74, 6) is 2.16. The number of aromatic nitrogens is 5. The first-order valence-electron chi connectivity index (χ1n) is 27.2. The Morgan fingerprint density at radius 3 is 1.84 bits per heavy atom. The maximum atomic E-state index is 9.27. The normalized spacial score (nSPS) is 13.0. The van der Waals surface area contributed by atoms with Gasteiger partial charge in [-0.1, -0.05) is 207 Å². The van der Waals surface area contributed by atoms with Crippen molar-refractivity contribution in [3.63, 3.8) is 0 Å². The van der Waals surface area contributed by atoms with E-state index in [1.54, 1.807) is 4.68 Å². The molecule has 3 aromatic heterocycles. The Morgan fingerprint density at radius 2 is 1.16 bits per heavy atom. The van der Waals surface area contributed by atoms with Crippen molar-refractivity contribution >= 4 is 21.8 Å². The van der Waals surface area contributed by atoms with Crippen LogP contribution in [0, 0.1) is 18.5 Å². The molecular weight excluding hydrogens is 1090 g/mol. The molecule has 0 radical (unpaired) electrons. The van der Waals surface area contributed by atoms with Gasteiger partial charge in [-0.15, -0.1) is 29.7 Å². The summed E-state index contributed by atoms with van der Waals surface area (Å²) in [6.45, 7) is 19.8. The zero-order valence-electron chi connectivity index (χ0n) is 48.0. The average Bonchev–Trinajstić information content (AvgIpc) is 4.28. The molecule has 0 bridgehead atoms. The fraction of sp³-hybridized carbons (Fsp3) is 0.179. The molecule has 0 saturated heterocycles. The van der Waals surface area contributed by atoms with E-state index in [1.807, 2.05) is 89.6 Å². The molecule has 0 atom stereocenters. The van der Waals surface area contributed by atoms with Crippen molar-refractivity contribution in [2.75, 3.05) is 0 Å². The smallest absolute Gasteiger partial charge is 0.231 e. The van der Waals surface area contributed by atoms with Gasteiger partial charge >= 0.3 is 0 Å². The number of ether oxygens (including phenoxy) is 1. The van der Waals surface area contributed by atoms with Gasteiger partial charge in [0.1, 0.15) is 5.82 Å². The summed E-state index contributed by atoms with van der Waals surface area (Å²) < 4.78 is 56.9. The summed E-state index contributed by atoms with van der Waals surface area (Å²) in [7, 11) is 0. The van der Waals surface area contributed by atoms with Crippen molar-refractivity contribution in [1.29, 1.82) is 0 Å². The SMILES string of the molecule is [2H]c1c([2H])c([2H])c(-c2cccc(-c3cc(C(C)(C)C)cc(C(C)(C)C)c3)c2-[n+]2[c-]n(-c3[c-]c(Oc4[c-]c5c(cc4)c4cc(-c6ccccc6)ccc4n5-c4cc(C(C)(C)C)ccn4)ccc3)nc2-c2ccccc2)c([2H])c1[2H].[Pt]. The molecular formula is C67H59N5OPt-2. The zero-order chi connectivity index (χ0) is 55.0. The van der Waals surface area contributed by atoms with Gasteiger partial charge < -0.3 is 13.9 Å². The van der Waals surface area contributed by atoms with E-state index in [-0.39, 0.29) is 55.0 Å². The van der Waals surface area contributed by atoms with Crippen LogP contribution >= 0.6 is 0 Å². The van der Waals surface area contributed by atoms with Crippen molar-refractivity contribution in [2.24, 2.45) is 0 Å². The van der Waals surface area contributed by atoms with Crippen LogP contribution in [0.1, 0.15) is 85.9 Å². The summed E-state index contributed by atoms with van der Waals surface area (Å²) in [6, 6.07) is 58.0. The molecule has 8 aromatic carbocycles. The first kappa shape index (κ1) is 43.9. The van der Waals surface area contributed by atoms with E-state index in [0.717, 1.165) is 72.1 Å². The third-order valence-electron chi connectivity index (χ3n) is 13.4. The number of fused-ring (bicyclic) bond motifs is 3. The second-order valence-corrected chi connectivity index (χ2v) is 21.7. The van der Waals surface area contributed by atoms with E-state index in [2.05, 4.69) is 164 Å². The van der Waals surface area contributed by atoms with Gasteiger partial charge in [0.2, 0.25) is 12.2 Å². The molecule has 3 heterocycles. The third kappa shape index (κ3) is 9.79. The van der Waals surface area contributed by atoms with Crippen LogP contribution in [0.3, 0.4) is 0 Å². The van der Waals surface area contributed by atoms with Gasteiger partial charge in [0.15, 0.2) is 0 Å². The first-order chi connectivity index (χ1) is 37.1. The van der Waals surface area contributed by atoms with E-state index in [1.165, 1.54) is 0 Å². The number of rotatable bonds is 9. The molecule has 74 heavy (non-hydrogen) atoms. The molecule has 0 fully saturated rings. The van der Waals surface area contributed by atoms with Crippen LogP contribution in [0.2, 0.25) is 0 Å². The van der Waals surface area contributed by atoms with Gasteiger partial charge in [0.05, 0.1) is 6.85 Å². The van der Waals surface area contributed by atoms with Crippen molar-refractivity contribution in [3.8, 4) is 73.5 Å². The molecule has 0 saturated carbocycles. The maximum absolute atomic E-state index is 9.27. The molecule has 11 rings (SSSR count). The van der Waals surface area contributed by atoms with E-state index < -0.39 is 18.1 Å². The summed E-state index contributed by atoms with van der Waals surface area (Å²) in [5.41, 5.74) is 10.9. The molecule has 0 N–H and O–H groups in total. The Kier molecular flexibility index (Phi) is 11.6. The van der Waals surface area contributed by atoms with E-state index in [9.17, 15) is 2.74 Å². The number of pyridine rings is 1. The largest absolute Gasteiger partial charge is 0.510 e. The minimum atomic E-state index is -0.464. The predicted octanol–water partition coefficient (Wildman–Crippen LogP) is 16.4. The van der Waals surface area contributed by atoms with Crippen LogP contribution in [0.25, 0.3) is 83.8 Å². The summed E-state index contributed by atoms with van der Waals surface area (Å²) >= 11 is 0. The standard InChI is InChI=1S/C67H59N5O.Pt/c1-65(2,3)50-35-36-68-62(41-50)72-60-34-31-48(45-21-13-10-14-22-45)39-59(60)58-33-32-55(43-61(58)72)73-54-28-19-27-53(42-54)71-44-70(64(69-71)47-25-17-12-18-26-47)63-56(46-23-15-11-16-24-46)29-20-30-57(63)49-37-51(66(4,5)6)40-52(38-49)67(7,8)9;/h10-41H,1-9H3;/q-2;/i11D,15D,16D,23D,24D;. The Balaban J connectivity index is 0.00000704. The average molecular weight is 1150 g/mol. The maximum Gasteiger partial charge on any atom is 0.231 e. The van der Waals surface area contributed by atoms with Crippen molar-refractivity contribution < 1.29 is 37.2 Å². The van der Waals surface area contributed by atoms with Crippen LogP contribution in [-0.4, -0.2) is 19.3 Å². The molecule has 6 nitrogen and oxygen atoms in total. The number of hydrogen-bond acceptors (Lipinski definition) is 3. The van der Waals surface area contributed by atoms with Crippen LogP contribution in [-0.2, 0) is 37.3 Å². The van der Waals surface area contributed by atoms with Crippen molar-refractivity contribution in [1.82, 2.24) is 19.3 Å². The van der Waals surface area contributed by atoms with Gasteiger partial charge in [-0.05, 0) is 101 Å². The van der Waals surface area contributed by atoms with Crippen LogP contribution in [0.5, 0.6) is 11.5 Å². The summed E-state index contributed by atoms with van der Waals surface area (Å²) in [6.07, 6.45) is 5.42. The van der Waals surface area contributed by atoms with Crippen LogP contribution in [0.4, 0.5) is 0 Å². The molecule has 0 aliphatic rings. The topological polar surface area (TPSA) is 48.8 Å². The van der Waals surface area contributed by atoms with E-state index in [0.29, 0.717) is 34.3 Å². The van der Waals surface area contributed by atoms with Crippen molar-refractivity contribution in [2.45, 2.75) is 78.6 Å². The summed E-state index contributed by atoms with van der Waals surface area (Å²) in [4.78, 5) is 4.92. The predicted molar refractivity (Wildman–Crippen MR) is 298 cm³/mol. The second kappa shape index (κ2) is 19.6. The molecule has 0 unspecified atom stereocenters. The van der Waals surface area contributed by atoms with Crippen LogP contribution in [0.15, 0.2) is 194 Å². The third-order valence-corrected chi connectivity index (χ3v) is 13.4. The number of benzene rings is 8. The van der Waals surface area contributed by atoms with Crippen LogP contribution < -0.4 is 9.30 Å². The molecule has 0 spiro atoms. The fourth-order valence-electron chi connectivity index (χ4n) is 9.37. The monoisotopic (exact) mass is 1150 g/mol. The van der Waals surface area contributed by atoms with Gasteiger partial charge in [-0.3, -0.25) is 0 Å². The van der Waals surface area contributed by atoms with Gasteiger partial charge in [-0.2, -0.15) is 22.9 Å². The molecule has 370 valence electrons. The number of hydrogen-bond donors (Lipinski definition) is 0. The Morgan fingerprint density at radius 1 is 0.527 bits per heavy atom. The van der Waals surface area contributed by atoms with Gasteiger partial charge in [0, 0.05) is 55.5 Å². The Labute approximate surface area is 457 Å². The van der Waals surface area contributed by atoms with Crippen molar-refractivity contribution in [3.05, 3.63) is 229 Å². The molecule has 11 aromatic rings. The number of para-hydroxylation sites is 1. The fourth-order valence-corrected chi connectivity index (χ4v) is 9.37. The molecule has 0 aliphatic carbocycles. The molecule has 0 amide bonds. The summed E-state index contributed by atoms with van der Waals surface area (Å²) in [5, 5.41) is 7.31.